The summed E-state index contributed by atoms with van der Waals surface area (Å²) in [6, 6.07) is 12.7. The van der Waals surface area contributed by atoms with Crippen molar-refractivity contribution in [2.45, 2.75) is 12.8 Å². The summed E-state index contributed by atoms with van der Waals surface area (Å²) in [6.07, 6.45) is -3.45. The summed E-state index contributed by atoms with van der Waals surface area (Å²) in [5.74, 6) is -1.07. The lowest BCUT2D eigenvalue weighted by atomic mass is 10.0. The van der Waals surface area contributed by atoms with E-state index in [2.05, 4.69) is 19.9 Å². The van der Waals surface area contributed by atoms with Crippen molar-refractivity contribution in [1.82, 2.24) is 20.1 Å². The van der Waals surface area contributed by atoms with Crippen molar-refractivity contribution in [2.24, 2.45) is 0 Å². The number of piperazine rings is 1. The standard InChI is InChI=1S/C27H20F4N6O3/c28-22-5-1-16(12-23-20-13-18(40-27(29,30)31)3-4-19(20)25(38)35-34-23)11-21(22)26(39)37-9-7-36(8-10-37)24-6-2-17(14-32)15-33-24/h1-6,11,13,15H,7-10,12H2,(H,35,38). The van der Waals surface area contributed by atoms with Crippen molar-refractivity contribution in [3.63, 3.8) is 0 Å². The van der Waals surface area contributed by atoms with E-state index < -0.39 is 29.4 Å². The summed E-state index contributed by atoms with van der Waals surface area (Å²) in [7, 11) is 0. The van der Waals surface area contributed by atoms with E-state index >= 15 is 0 Å². The Hall–Kier alpha value is -4.99. The number of ether oxygens (including phenoxy) is 1. The Morgan fingerprint density at radius 3 is 2.50 bits per heavy atom. The molecule has 204 valence electrons. The van der Waals surface area contributed by atoms with Crippen LogP contribution in [0.15, 0.2) is 59.5 Å². The van der Waals surface area contributed by atoms with Gasteiger partial charge in [-0.3, -0.25) is 9.59 Å². The fraction of sp³-hybridized carbons (Fsp3) is 0.222. The third-order valence-electron chi connectivity index (χ3n) is 6.47. The third kappa shape index (κ3) is 5.70. The molecule has 0 unspecified atom stereocenters. The highest BCUT2D eigenvalue weighted by Crippen LogP contribution is 2.27. The van der Waals surface area contributed by atoms with Crippen LogP contribution in [0.4, 0.5) is 23.4 Å². The number of carbonyl (C=O) groups excluding carboxylic acids is 1. The Bertz CT molecular complexity index is 1670. The molecule has 4 aromatic rings. The monoisotopic (exact) mass is 552 g/mol. The number of benzene rings is 2. The summed E-state index contributed by atoms with van der Waals surface area (Å²) in [5.41, 5.74) is 0.372. The number of hydrogen-bond acceptors (Lipinski definition) is 7. The smallest absolute Gasteiger partial charge is 0.406 e. The maximum absolute atomic E-state index is 14.8. The average Bonchev–Trinajstić information content (AvgIpc) is 2.94. The molecule has 0 atom stereocenters. The molecule has 1 N–H and O–H groups in total. The molecular formula is C27H20F4N6O3. The molecule has 1 saturated heterocycles. The minimum absolute atomic E-state index is 0.00144. The minimum Gasteiger partial charge on any atom is -0.406 e. The number of aromatic nitrogens is 3. The first kappa shape index (κ1) is 26.6. The lowest BCUT2D eigenvalue weighted by molar-refractivity contribution is -0.274. The van der Waals surface area contributed by atoms with E-state index in [4.69, 9.17) is 5.26 Å². The number of pyridine rings is 1. The van der Waals surface area contributed by atoms with Crippen LogP contribution in [-0.4, -0.2) is 58.5 Å². The molecule has 5 rings (SSSR count). The van der Waals surface area contributed by atoms with Crippen molar-refractivity contribution in [3.8, 4) is 11.8 Å². The zero-order valence-corrected chi connectivity index (χ0v) is 20.7. The molecule has 0 spiro atoms. The first-order chi connectivity index (χ1) is 19.1. The molecule has 1 aliphatic rings. The number of hydrogen-bond donors (Lipinski definition) is 1. The maximum Gasteiger partial charge on any atom is 0.573 e. The Morgan fingerprint density at radius 2 is 1.82 bits per heavy atom. The molecule has 3 heterocycles. The Kier molecular flexibility index (Phi) is 7.08. The van der Waals surface area contributed by atoms with Gasteiger partial charge in [-0.15, -0.1) is 13.2 Å². The second-order valence-electron chi connectivity index (χ2n) is 9.04. The van der Waals surface area contributed by atoms with Crippen LogP contribution >= 0.6 is 0 Å². The Balaban J connectivity index is 1.35. The number of aromatic amines is 1. The van der Waals surface area contributed by atoms with E-state index in [0.29, 0.717) is 43.1 Å². The van der Waals surface area contributed by atoms with Gasteiger partial charge in [-0.2, -0.15) is 10.4 Å². The summed E-state index contributed by atoms with van der Waals surface area (Å²) in [6.45, 7) is 1.56. The number of nitrogens with one attached hydrogen (secondary N) is 1. The van der Waals surface area contributed by atoms with Crippen LogP contribution in [-0.2, 0) is 6.42 Å². The van der Waals surface area contributed by atoms with Crippen LogP contribution in [0.2, 0.25) is 0 Å². The zero-order valence-electron chi connectivity index (χ0n) is 20.7. The minimum atomic E-state index is -4.92. The molecule has 2 aromatic carbocycles. The van der Waals surface area contributed by atoms with Crippen molar-refractivity contribution >= 4 is 22.5 Å². The number of halogens is 4. The molecule has 13 heteroatoms. The largest absolute Gasteiger partial charge is 0.573 e. The molecule has 1 fully saturated rings. The number of anilines is 1. The molecule has 0 bridgehead atoms. The van der Waals surface area contributed by atoms with Crippen molar-refractivity contribution in [3.05, 3.63) is 93.3 Å². The van der Waals surface area contributed by atoms with E-state index in [-0.39, 0.29) is 28.5 Å². The quantitative estimate of drug-likeness (QED) is 0.375. The van der Waals surface area contributed by atoms with E-state index in [1.54, 1.807) is 12.1 Å². The van der Waals surface area contributed by atoms with Crippen molar-refractivity contribution in [2.75, 3.05) is 31.1 Å². The van der Waals surface area contributed by atoms with Gasteiger partial charge in [0.1, 0.15) is 23.5 Å². The molecule has 0 aliphatic carbocycles. The van der Waals surface area contributed by atoms with Crippen molar-refractivity contribution < 1.29 is 27.1 Å². The Labute approximate surface area is 224 Å². The second-order valence-corrected chi connectivity index (χ2v) is 9.04. The normalized spacial score (nSPS) is 13.8. The number of carbonyl (C=O) groups is 1. The van der Waals surface area contributed by atoms with E-state index in [1.807, 2.05) is 11.0 Å². The lowest BCUT2D eigenvalue weighted by Gasteiger charge is -2.35. The molecule has 0 saturated carbocycles. The van der Waals surface area contributed by atoms with Gasteiger partial charge in [0.2, 0.25) is 0 Å². The highest BCUT2D eigenvalue weighted by Gasteiger charge is 2.31. The van der Waals surface area contributed by atoms with Gasteiger partial charge in [0.05, 0.1) is 22.2 Å². The first-order valence-corrected chi connectivity index (χ1v) is 12.1. The first-order valence-electron chi connectivity index (χ1n) is 12.1. The molecule has 0 radical (unpaired) electrons. The van der Waals surface area contributed by atoms with Crippen molar-refractivity contribution in [1.29, 1.82) is 5.26 Å². The van der Waals surface area contributed by atoms with Gasteiger partial charge in [-0.1, -0.05) is 6.07 Å². The van der Waals surface area contributed by atoms with Crippen LogP contribution in [0.5, 0.6) is 5.75 Å². The number of fused-ring (bicyclic) bond motifs is 1. The number of nitriles is 1. The number of rotatable bonds is 5. The summed E-state index contributed by atoms with van der Waals surface area (Å²) in [4.78, 5) is 33.1. The number of amides is 1. The van der Waals surface area contributed by atoms with Crippen LogP contribution in [0.3, 0.4) is 0 Å². The molecular weight excluding hydrogens is 532 g/mol. The van der Waals surface area contributed by atoms with Crippen LogP contribution in [0.1, 0.15) is 27.2 Å². The number of alkyl halides is 3. The summed E-state index contributed by atoms with van der Waals surface area (Å²) < 4.78 is 56.9. The molecule has 40 heavy (non-hydrogen) atoms. The predicted molar refractivity (Wildman–Crippen MR) is 135 cm³/mol. The van der Waals surface area contributed by atoms with Gasteiger partial charge in [0.15, 0.2) is 0 Å². The van der Waals surface area contributed by atoms with Crippen LogP contribution in [0, 0.1) is 17.1 Å². The highest BCUT2D eigenvalue weighted by molar-refractivity contribution is 5.95. The third-order valence-corrected chi connectivity index (χ3v) is 6.47. The van der Waals surface area contributed by atoms with Gasteiger partial charge in [0.25, 0.3) is 11.5 Å². The molecule has 9 nitrogen and oxygen atoms in total. The van der Waals surface area contributed by atoms with Gasteiger partial charge in [0, 0.05) is 44.2 Å². The van der Waals surface area contributed by atoms with Crippen LogP contribution < -0.4 is 15.2 Å². The highest BCUT2D eigenvalue weighted by atomic mass is 19.4. The van der Waals surface area contributed by atoms with Gasteiger partial charge < -0.3 is 14.5 Å². The van der Waals surface area contributed by atoms with E-state index in [1.165, 1.54) is 29.3 Å². The Morgan fingerprint density at radius 1 is 1.05 bits per heavy atom. The molecule has 2 aromatic heterocycles. The zero-order chi connectivity index (χ0) is 28.4. The maximum atomic E-state index is 14.8. The van der Waals surface area contributed by atoms with E-state index in [9.17, 15) is 27.2 Å². The van der Waals surface area contributed by atoms with Gasteiger partial charge >= 0.3 is 6.36 Å². The van der Waals surface area contributed by atoms with Gasteiger partial charge in [-0.25, -0.2) is 14.5 Å². The van der Waals surface area contributed by atoms with Crippen LogP contribution in [0.25, 0.3) is 10.8 Å². The molecule has 1 amide bonds. The second kappa shape index (κ2) is 10.6. The summed E-state index contributed by atoms with van der Waals surface area (Å²) >= 11 is 0. The lowest BCUT2D eigenvalue weighted by Crippen LogP contribution is -2.49. The topological polar surface area (TPSA) is 115 Å². The van der Waals surface area contributed by atoms with E-state index in [0.717, 1.165) is 18.2 Å². The van der Waals surface area contributed by atoms with Gasteiger partial charge in [-0.05, 0) is 48.0 Å². The summed E-state index contributed by atoms with van der Waals surface area (Å²) in [5, 5.41) is 15.5. The SMILES string of the molecule is N#Cc1ccc(N2CCN(C(=O)c3cc(Cc4n[nH]c(=O)c5ccc(OC(F)(F)F)cc45)ccc3F)CC2)nc1. The predicted octanol–water partition coefficient (Wildman–Crippen LogP) is 3.78. The number of nitrogens with zero attached hydrogens (tertiary/aromatic N) is 5. The molecule has 1 aliphatic heterocycles. The average molecular weight is 552 g/mol. The fourth-order valence-corrected chi connectivity index (χ4v) is 4.52. The fourth-order valence-electron chi connectivity index (χ4n) is 4.52. The number of H-pyrrole nitrogens is 1.